The summed E-state index contributed by atoms with van der Waals surface area (Å²) in [6, 6.07) is 0. The molecule has 0 bridgehead atoms. The SMILES string of the molecule is C1=CCC(C2CCC2)[CH-]1.[CH3-].[Fe+2]. The fraction of sp³-hybridized carbons (Fsp3) is 0.600. The Hall–Kier alpha value is 0.129. The van der Waals surface area contributed by atoms with Crippen molar-refractivity contribution < 1.29 is 17.1 Å². The molecule has 1 unspecified atom stereocenters. The first kappa shape index (κ1) is 11.1. The first-order valence-electron chi connectivity index (χ1n) is 3.97. The molecule has 2 rings (SSSR count). The fourth-order valence-electron chi connectivity index (χ4n) is 1.75. The zero-order valence-corrected chi connectivity index (χ0v) is 8.17. The van der Waals surface area contributed by atoms with Gasteiger partial charge in [0, 0.05) is 0 Å². The van der Waals surface area contributed by atoms with Crippen LogP contribution in [0.3, 0.4) is 0 Å². The summed E-state index contributed by atoms with van der Waals surface area (Å²) in [6.45, 7) is 0. The van der Waals surface area contributed by atoms with Gasteiger partial charge in [0.25, 0.3) is 0 Å². The molecule has 0 nitrogen and oxygen atoms in total. The van der Waals surface area contributed by atoms with Gasteiger partial charge in [-0.15, -0.1) is 6.42 Å². The molecule has 1 saturated carbocycles. The minimum Gasteiger partial charge on any atom is -0.358 e. The molecule has 0 saturated heterocycles. The molecule has 11 heavy (non-hydrogen) atoms. The normalized spacial score (nSPS) is 27.8. The van der Waals surface area contributed by atoms with Crippen LogP contribution in [0.2, 0.25) is 0 Å². The molecule has 64 valence electrons. The first-order valence-corrected chi connectivity index (χ1v) is 3.97. The molecular weight excluding hydrogens is 176 g/mol. The molecular formula is C10H16Fe. The molecule has 0 aromatic rings. The van der Waals surface area contributed by atoms with Crippen LogP contribution >= 0.6 is 0 Å². The van der Waals surface area contributed by atoms with Crippen molar-refractivity contribution in [2.45, 2.75) is 25.7 Å². The van der Waals surface area contributed by atoms with Crippen molar-refractivity contribution in [3.63, 3.8) is 0 Å². The van der Waals surface area contributed by atoms with E-state index in [9.17, 15) is 0 Å². The Morgan fingerprint density at radius 3 is 2.36 bits per heavy atom. The van der Waals surface area contributed by atoms with Crippen LogP contribution in [-0.2, 0) is 17.1 Å². The van der Waals surface area contributed by atoms with E-state index in [2.05, 4.69) is 18.6 Å². The van der Waals surface area contributed by atoms with Crippen LogP contribution in [0, 0.1) is 25.7 Å². The van der Waals surface area contributed by atoms with E-state index in [1.807, 2.05) is 0 Å². The van der Waals surface area contributed by atoms with Crippen molar-refractivity contribution >= 4 is 0 Å². The summed E-state index contributed by atoms with van der Waals surface area (Å²) in [7, 11) is 0. The molecule has 0 N–H and O–H groups in total. The summed E-state index contributed by atoms with van der Waals surface area (Å²) in [6.07, 6.45) is 12.7. The Kier molecular flexibility index (Phi) is 4.96. The van der Waals surface area contributed by atoms with Crippen LogP contribution in [-0.4, -0.2) is 0 Å². The van der Waals surface area contributed by atoms with Gasteiger partial charge >= 0.3 is 17.1 Å². The predicted molar refractivity (Wildman–Crippen MR) is 45.3 cm³/mol. The Morgan fingerprint density at radius 2 is 2.00 bits per heavy atom. The second-order valence-electron chi connectivity index (χ2n) is 3.21. The van der Waals surface area contributed by atoms with Crippen LogP contribution in [0.25, 0.3) is 0 Å². The molecule has 0 radical (unpaired) electrons. The largest absolute Gasteiger partial charge is 2.00 e. The molecule has 0 aromatic heterocycles. The third-order valence-corrected chi connectivity index (χ3v) is 2.66. The van der Waals surface area contributed by atoms with Crippen molar-refractivity contribution in [2.24, 2.45) is 11.8 Å². The van der Waals surface area contributed by atoms with Crippen LogP contribution in [0.1, 0.15) is 25.7 Å². The number of allylic oxidation sites excluding steroid dienone is 2. The third kappa shape index (κ3) is 2.28. The summed E-state index contributed by atoms with van der Waals surface area (Å²) < 4.78 is 0. The maximum atomic E-state index is 2.38. The average molecular weight is 192 g/mol. The van der Waals surface area contributed by atoms with E-state index >= 15 is 0 Å². The molecule has 2 aliphatic carbocycles. The fourth-order valence-corrected chi connectivity index (χ4v) is 1.75. The van der Waals surface area contributed by atoms with Gasteiger partial charge in [-0.1, -0.05) is 31.1 Å². The van der Waals surface area contributed by atoms with Gasteiger partial charge in [-0.3, -0.25) is 0 Å². The van der Waals surface area contributed by atoms with E-state index in [0.29, 0.717) is 0 Å². The van der Waals surface area contributed by atoms with Gasteiger partial charge in [-0.05, 0) is 0 Å². The summed E-state index contributed by atoms with van der Waals surface area (Å²) >= 11 is 0. The zero-order chi connectivity index (χ0) is 6.10. The number of rotatable bonds is 1. The Balaban J connectivity index is 0.000000500. The van der Waals surface area contributed by atoms with Crippen LogP contribution < -0.4 is 0 Å². The second kappa shape index (κ2) is 4.90. The summed E-state index contributed by atoms with van der Waals surface area (Å²) in [5.41, 5.74) is 0. The van der Waals surface area contributed by atoms with E-state index in [1.165, 1.54) is 25.7 Å². The smallest absolute Gasteiger partial charge is 0.358 e. The zero-order valence-electron chi connectivity index (χ0n) is 7.07. The summed E-state index contributed by atoms with van der Waals surface area (Å²) in [5.74, 6) is 1.98. The monoisotopic (exact) mass is 192 g/mol. The maximum Gasteiger partial charge on any atom is 2.00 e. The predicted octanol–water partition coefficient (Wildman–Crippen LogP) is 3.01. The van der Waals surface area contributed by atoms with Gasteiger partial charge in [0.15, 0.2) is 0 Å². The molecule has 2 aliphatic rings. The van der Waals surface area contributed by atoms with E-state index in [0.717, 1.165) is 11.8 Å². The maximum absolute atomic E-state index is 2.38. The quantitative estimate of drug-likeness (QED) is 0.442. The minimum atomic E-state index is 0. The standard InChI is InChI=1S/C9H13.CH3.Fe/c1-2-5-8(4-1)9-6-3-7-9;;/h1-2,4,8-9H,3,5-7H2;1H3;/q2*-1;+2. The Bertz CT molecular complexity index is 117. The molecule has 1 atom stereocenters. The molecule has 0 aromatic carbocycles. The van der Waals surface area contributed by atoms with Gasteiger partial charge in [0.05, 0.1) is 0 Å². The van der Waals surface area contributed by atoms with E-state index in [1.54, 1.807) is 0 Å². The molecule has 0 spiro atoms. The van der Waals surface area contributed by atoms with Crippen LogP contribution in [0.5, 0.6) is 0 Å². The first-order chi connectivity index (χ1) is 4.47. The molecule has 0 heterocycles. The number of hydrogen-bond donors (Lipinski definition) is 0. The topological polar surface area (TPSA) is 0 Å². The van der Waals surface area contributed by atoms with Crippen LogP contribution in [0.15, 0.2) is 12.2 Å². The summed E-state index contributed by atoms with van der Waals surface area (Å²) in [4.78, 5) is 0. The second-order valence-corrected chi connectivity index (χ2v) is 3.21. The molecule has 0 amide bonds. The van der Waals surface area contributed by atoms with Gasteiger partial charge in [0.1, 0.15) is 0 Å². The van der Waals surface area contributed by atoms with Crippen molar-refractivity contribution in [3.05, 3.63) is 26.0 Å². The number of hydrogen-bond acceptors (Lipinski definition) is 0. The Morgan fingerprint density at radius 1 is 1.27 bits per heavy atom. The molecule has 1 fully saturated rings. The van der Waals surface area contributed by atoms with E-state index in [-0.39, 0.29) is 24.5 Å². The van der Waals surface area contributed by atoms with Crippen LogP contribution in [0.4, 0.5) is 0 Å². The van der Waals surface area contributed by atoms with Crippen molar-refractivity contribution in [3.8, 4) is 0 Å². The van der Waals surface area contributed by atoms with Gasteiger partial charge in [-0.25, -0.2) is 18.6 Å². The van der Waals surface area contributed by atoms with Crippen molar-refractivity contribution in [1.29, 1.82) is 0 Å². The van der Waals surface area contributed by atoms with Gasteiger partial charge in [0.2, 0.25) is 0 Å². The van der Waals surface area contributed by atoms with Gasteiger partial charge < -0.3 is 7.43 Å². The van der Waals surface area contributed by atoms with E-state index in [4.69, 9.17) is 0 Å². The van der Waals surface area contributed by atoms with Crippen molar-refractivity contribution in [2.75, 3.05) is 0 Å². The summed E-state index contributed by atoms with van der Waals surface area (Å²) in [5, 5.41) is 0. The third-order valence-electron chi connectivity index (χ3n) is 2.66. The van der Waals surface area contributed by atoms with E-state index < -0.39 is 0 Å². The minimum absolute atomic E-state index is 0. The van der Waals surface area contributed by atoms with Gasteiger partial charge in [-0.2, -0.15) is 0 Å². The average Bonchev–Trinajstić information content (AvgIpc) is 2.11. The Labute approximate surface area is 80.9 Å². The van der Waals surface area contributed by atoms with Crippen molar-refractivity contribution in [1.82, 2.24) is 0 Å². The molecule has 0 aliphatic heterocycles. The molecule has 1 heteroatoms.